The molecule has 2 aromatic rings. The Morgan fingerprint density at radius 1 is 1.05 bits per heavy atom. The van der Waals surface area contributed by atoms with Gasteiger partial charge in [0, 0.05) is 12.2 Å². The van der Waals surface area contributed by atoms with Crippen molar-refractivity contribution in [3.63, 3.8) is 0 Å². The maximum absolute atomic E-state index is 13.4. The molecule has 1 heterocycles. The minimum atomic E-state index is -0.302. The van der Waals surface area contributed by atoms with Crippen molar-refractivity contribution in [1.82, 2.24) is 0 Å². The van der Waals surface area contributed by atoms with E-state index in [-0.39, 0.29) is 5.82 Å². The van der Waals surface area contributed by atoms with Crippen LogP contribution in [0, 0.1) is 5.82 Å². The fourth-order valence-electron chi connectivity index (χ4n) is 2.47. The van der Waals surface area contributed by atoms with Gasteiger partial charge in [0.05, 0.1) is 6.54 Å². The van der Waals surface area contributed by atoms with Gasteiger partial charge < -0.3 is 9.64 Å². The van der Waals surface area contributed by atoms with Crippen molar-refractivity contribution in [3.05, 3.63) is 59.9 Å². The highest BCUT2D eigenvalue weighted by molar-refractivity contribution is 5.57. The first-order chi connectivity index (χ1) is 9.34. The number of para-hydroxylation sites is 2. The van der Waals surface area contributed by atoms with E-state index in [1.165, 1.54) is 17.3 Å². The molecule has 2 aromatic carbocycles. The lowest BCUT2D eigenvalue weighted by molar-refractivity contribution is 0.308. The van der Waals surface area contributed by atoms with Gasteiger partial charge in [0.1, 0.15) is 6.61 Å². The summed E-state index contributed by atoms with van der Waals surface area (Å²) in [6.07, 6.45) is 1.08. The van der Waals surface area contributed by atoms with Crippen molar-refractivity contribution >= 4 is 5.69 Å². The maximum Gasteiger partial charge on any atom is 0.165 e. The second kappa shape index (κ2) is 5.31. The zero-order valence-corrected chi connectivity index (χ0v) is 10.7. The molecule has 19 heavy (non-hydrogen) atoms. The highest BCUT2D eigenvalue weighted by Gasteiger charge is 2.17. The molecule has 0 bridgehead atoms. The number of ether oxygens (including phenoxy) is 1. The molecule has 0 unspecified atom stereocenters. The molecule has 1 aliphatic rings. The molecule has 98 valence electrons. The zero-order chi connectivity index (χ0) is 13.1. The Bertz CT molecular complexity index is 570. The highest BCUT2D eigenvalue weighted by Crippen LogP contribution is 2.27. The molecule has 0 spiro atoms. The van der Waals surface area contributed by atoms with E-state index >= 15 is 0 Å². The Morgan fingerprint density at radius 3 is 2.74 bits per heavy atom. The van der Waals surface area contributed by atoms with Gasteiger partial charge in [0.2, 0.25) is 0 Å². The molecule has 0 amide bonds. The minimum Gasteiger partial charge on any atom is -0.489 e. The van der Waals surface area contributed by atoms with Gasteiger partial charge in [0.15, 0.2) is 11.6 Å². The second-order valence-corrected chi connectivity index (χ2v) is 4.64. The van der Waals surface area contributed by atoms with Crippen LogP contribution in [0.25, 0.3) is 0 Å². The van der Waals surface area contributed by atoms with Gasteiger partial charge >= 0.3 is 0 Å². The number of benzene rings is 2. The third-order valence-corrected chi connectivity index (χ3v) is 3.44. The number of anilines is 1. The lowest BCUT2D eigenvalue weighted by atomic mass is 10.2. The summed E-state index contributed by atoms with van der Waals surface area (Å²) in [5, 5.41) is 0. The Kier molecular flexibility index (Phi) is 3.36. The molecule has 0 N–H and O–H groups in total. The van der Waals surface area contributed by atoms with Gasteiger partial charge in [-0.05, 0) is 30.2 Å². The van der Waals surface area contributed by atoms with Crippen LogP contribution in [0.5, 0.6) is 5.75 Å². The molecule has 0 aliphatic carbocycles. The van der Waals surface area contributed by atoms with Crippen LogP contribution in [-0.4, -0.2) is 19.7 Å². The molecular formula is C16H16FNO. The summed E-state index contributed by atoms with van der Waals surface area (Å²) in [6.45, 7) is 2.29. The number of hydrogen-bond acceptors (Lipinski definition) is 2. The SMILES string of the molecule is Fc1ccccc1OCCN1CCc2ccccc21. The van der Waals surface area contributed by atoms with Crippen molar-refractivity contribution in [1.29, 1.82) is 0 Å². The van der Waals surface area contributed by atoms with Gasteiger partial charge in [-0.3, -0.25) is 0 Å². The van der Waals surface area contributed by atoms with Crippen LogP contribution in [0.3, 0.4) is 0 Å². The number of hydrogen-bond donors (Lipinski definition) is 0. The third kappa shape index (κ3) is 2.55. The van der Waals surface area contributed by atoms with E-state index in [2.05, 4.69) is 29.2 Å². The molecule has 0 radical (unpaired) electrons. The summed E-state index contributed by atoms with van der Waals surface area (Å²) < 4.78 is 18.9. The molecule has 3 rings (SSSR count). The van der Waals surface area contributed by atoms with Gasteiger partial charge in [-0.1, -0.05) is 30.3 Å². The Balaban J connectivity index is 1.58. The molecule has 1 aliphatic heterocycles. The van der Waals surface area contributed by atoms with Crippen LogP contribution in [0.15, 0.2) is 48.5 Å². The first-order valence-electron chi connectivity index (χ1n) is 6.55. The highest BCUT2D eigenvalue weighted by atomic mass is 19.1. The molecule has 0 atom stereocenters. The van der Waals surface area contributed by atoms with E-state index in [4.69, 9.17) is 4.74 Å². The van der Waals surface area contributed by atoms with E-state index in [1.807, 2.05) is 0 Å². The Labute approximate surface area is 112 Å². The fraction of sp³-hybridized carbons (Fsp3) is 0.250. The van der Waals surface area contributed by atoms with Crippen LogP contribution >= 0.6 is 0 Å². The average Bonchev–Trinajstić information content (AvgIpc) is 2.85. The number of rotatable bonds is 4. The quantitative estimate of drug-likeness (QED) is 0.833. The van der Waals surface area contributed by atoms with E-state index in [1.54, 1.807) is 18.2 Å². The minimum absolute atomic E-state index is 0.302. The summed E-state index contributed by atoms with van der Waals surface area (Å²) in [5.41, 5.74) is 2.66. The van der Waals surface area contributed by atoms with Gasteiger partial charge in [0.25, 0.3) is 0 Å². The average molecular weight is 257 g/mol. The van der Waals surface area contributed by atoms with Crippen LogP contribution in [0.2, 0.25) is 0 Å². The first kappa shape index (κ1) is 12.0. The summed E-state index contributed by atoms with van der Waals surface area (Å²) in [6, 6.07) is 14.9. The number of fused-ring (bicyclic) bond motifs is 1. The molecule has 0 saturated heterocycles. The predicted octanol–water partition coefficient (Wildman–Crippen LogP) is 3.27. The van der Waals surface area contributed by atoms with Crippen molar-refractivity contribution in [2.24, 2.45) is 0 Å². The van der Waals surface area contributed by atoms with Crippen LogP contribution < -0.4 is 9.64 Å². The van der Waals surface area contributed by atoms with E-state index in [0.717, 1.165) is 19.5 Å². The largest absolute Gasteiger partial charge is 0.489 e. The zero-order valence-electron chi connectivity index (χ0n) is 10.7. The van der Waals surface area contributed by atoms with Crippen molar-refractivity contribution in [3.8, 4) is 5.75 Å². The number of nitrogens with zero attached hydrogens (tertiary/aromatic N) is 1. The van der Waals surface area contributed by atoms with E-state index < -0.39 is 0 Å². The molecule has 0 aromatic heterocycles. The standard InChI is InChI=1S/C16H16FNO/c17-14-6-2-4-8-16(14)19-12-11-18-10-9-13-5-1-3-7-15(13)18/h1-8H,9-12H2. The summed E-state index contributed by atoms with van der Waals surface area (Å²) >= 11 is 0. The fourth-order valence-corrected chi connectivity index (χ4v) is 2.47. The molecule has 3 heteroatoms. The normalized spacial score (nSPS) is 13.4. The molecule has 0 saturated carbocycles. The summed E-state index contributed by atoms with van der Waals surface area (Å²) in [5.74, 6) is 0.0271. The van der Waals surface area contributed by atoms with Gasteiger partial charge in [-0.15, -0.1) is 0 Å². The Morgan fingerprint density at radius 2 is 1.84 bits per heavy atom. The van der Waals surface area contributed by atoms with Crippen molar-refractivity contribution in [2.45, 2.75) is 6.42 Å². The third-order valence-electron chi connectivity index (χ3n) is 3.44. The molecular weight excluding hydrogens is 241 g/mol. The lowest BCUT2D eigenvalue weighted by Crippen LogP contribution is -2.26. The molecule has 0 fully saturated rings. The van der Waals surface area contributed by atoms with Gasteiger partial charge in [-0.2, -0.15) is 0 Å². The van der Waals surface area contributed by atoms with Crippen LogP contribution in [0.1, 0.15) is 5.56 Å². The monoisotopic (exact) mass is 257 g/mol. The van der Waals surface area contributed by atoms with Crippen LogP contribution in [-0.2, 0) is 6.42 Å². The predicted molar refractivity (Wildman–Crippen MR) is 74.3 cm³/mol. The van der Waals surface area contributed by atoms with E-state index in [0.29, 0.717) is 12.4 Å². The van der Waals surface area contributed by atoms with Gasteiger partial charge in [-0.25, -0.2) is 4.39 Å². The first-order valence-corrected chi connectivity index (χ1v) is 6.55. The molecule has 2 nitrogen and oxygen atoms in total. The van der Waals surface area contributed by atoms with Crippen LogP contribution in [0.4, 0.5) is 10.1 Å². The number of halogens is 1. The summed E-state index contributed by atoms with van der Waals surface area (Å²) in [7, 11) is 0. The topological polar surface area (TPSA) is 12.5 Å². The second-order valence-electron chi connectivity index (χ2n) is 4.64. The Hall–Kier alpha value is -2.03. The van der Waals surface area contributed by atoms with Crippen molar-refractivity contribution < 1.29 is 9.13 Å². The van der Waals surface area contributed by atoms with E-state index in [9.17, 15) is 4.39 Å². The van der Waals surface area contributed by atoms with Crippen molar-refractivity contribution in [2.75, 3.05) is 24.6 Å². The summed E-state index contributed by atoms with van der Waals surface area (Å²) in [4.78, 5) is 2.29. The smallest absolute Gasteiger partial charge is 0.165 e. The maximum atomic E-state index is 13.4. The lowest BCUT2D eigenvalue weighted by Gasteiger charge is -2.19.